The molecular formula is C29H25FN2O7. The summed E-state index contributed by atoms with van der Waals surface area (Å²) in [5, 5.41) is 44.4. The van der Waals surface area contributed by atoms with Crippen LogP contribution in [0.3, 0.4) is 0 Å². The molecule has 3 aliphatic rings. The molecule has 0 aliphatic heterocycles. The number of aliphatic hydroxyl groups excluding tert-OH is 2. The number of fused-ring (bicyclic) bond motifs is 3. The summed E-state index contributed by atoms with van der Waals surface area (Å²) >= 11 is 0. The number of ketones is 2. The van der Waals surface area contributed by atoms with Crippen molar-refractivity contribution in [3.8, 4) is 17.6 Å². The number of Topliss-reactive ketones (excluding diaryl/α,β-unsaturated/α-hetero) is 2. The Labute approximate surface area is 222 Å². The minimum Gasteiger partial charge on any atom is -0.508 e. The maximum Gasteiger partial charge on any atom is 0.255 e. The van der Waals surface area contributed by atoms with Crippen LogP contribution in [0.2, 0.25) is 0 Å². The lowest BCUT2D eigenvalue weighted by Crippen LogP contribution is -2.65. The average Bonchev–Trinajstić information content (AvgIpc) is 2.86. The van der Waals surface area contributed by atoms with Crippen molar-refractivity contribution in [2.75, 3.05) is 14.1 Å². The van der Waals surface area contributed by atoms with E-state index in [1.807, 2.05) is 0 Å². The Kier molecular flexibility index (Phi) is 6.09. The first-order valence-electron chi connectivity index (χ1n) is 12.2. The van der Waals surface area contributed by atoms with Crippen LogP contribution in [0, 0.1) is 29.5 Å². The van der Waals surface area contributed by atoms with E-state index in [1.165, 1.54) is 49.3 Å². The number of carbonyl (C=O) groups excluding carboxylic acids is 3. The average molecular weight is 533 g/mol. The van der Waals surface area contributed by atoms with E-state index in [9.17, 15) is 39.2 Å². The highest BCUT2D eigenvalue weighted by Crippen LogP contribution is 2.52. The normalized spacial score (nSPS) is 26.0. The van der Waals surface area contributed by atoms with Gasteiger partial charge in [0, 0.05) is 17.1 Å². The summed E-state index contributed by atoms with van der Waals surface area (Å²) in [5.74, 6) is -2.12. The number of likely N-dealkylation sites (N-methyl/N-ethyl adjacent to an activating group) is 1. The van der Waals surface area contributed by atoms with Gasteiger partial charge in [0.2, 0.25) is 5.78 Å². The lowest BCUT2D eigenvalue weighted by atomic mass is 9.57. The molecule has 10 heteroatoms. The molecule has 39 heavy (non-hydrogen) atoms. The fraction of sp³-hybridized carbons (Fsp3) is 0.276. The lowest BCUT2D eigenvalue weighted by Gasteiger charge is -2.50. The molecule has 5 rings (SSSR count). The molecule has 1 fully saturated rings. The third kappa shape index (κ3) is 3.73. The molecule has 0 radical (unpaired) electrons. The van der Waals surface area contributed by atoms with Gasteiger partial charge in [0.15, 0.2) is 11.4 Å². The third-order valence-corrected chi connectivity index (χ3v) is 7.81. The molecule has 200 valence electrons. The van der Waals surface area contributed by atoms with Crippen molar-refractivity contribution >= 4 is 23.2 Å². The van der Waals surface area contributed by atoms with E-state index < -0.39 is 63.9 Å². The molecule has 0 heterocycles. The number of carbonyl (C=O) groups is 3. The van der Waals surface area contributed by atoms with E-state index in [4.69, 9.17) is 5.73 Å². The Balaban J connectivity index is 1.69. The number of halogens is 1. The van der Waals surface area contributed by atoms with Crippen LogP contribution < -0.4 is 5.73 Å². The first-order valence-corrected chi connectivity index (χ1v) is 12.2. The van der Waals surface area contributed by atoms with E-state index >= 15 is 0 Å². The van der Waals surface area contributed by atoms with Gasteiger partial charge in [-0.2, -0.15) is 0 Å². The second kappa shape index (κ2) is 9.08. The Hall–Kier alpha value is -4.46. The lowest BCUT2D eigenvalue weighted by molar-refractivity contribution is -0.153. The fourth-order valence-corrected chi connectivity index (χ4v) is 6.06. The predicted molar refractivity (Wildman–Crippen MR) is 137 cm³/mol. The molecule has 0 aromatic heterocycles. The highest BCUT2D eigenvalue weighted by molar-refractivity contribution is 6.24. The largest absolute Gasteiger partial charge is 0.508 e. The van der Waals surface area contributed by atoms with Crippen LogP contribution in [0.25, 0.3) is 5.76 Å². The Morgan fingerprint density at radius 3 is 2.38 bits per heavy atom. The summed E-state index contributed by atoms with van der Waals surface area (Å²) in [7, 11) is 3.06. The van der Waals surface area contributed by atoms with Crippen LogP contribution in [-0.4, -0.2) is 68.5 Å². The molecule has 2 aromatic rings. The Morgan fingerprint density at radius 1 is 1.08 bits per heavy atom. The van der Waals surface area contributed by atoms with Crippen molar-refractivity contribution in [1.82, 2.24) is 4.90 Å². The summed E-state index contributed by atoms with van der Waals surface area (Å²) in [6.45, 7) is 0. The molecule has 2 aromatic carbocycles. The van der Waals surface area contributed by atoms with E-state index in [0.717, 1.165) is 0 Å². The fourth-order valence-electron chi connectivity index (χ4n) is 6.06. The number of rotatable bonds is 2. The molecule has 1 saturated carbocycles. The predicted octanol–water partition coefficient (Wildman–Crippen LogP) is 1.50. The number of phenols is 1. The molecule has 9 nitrogen and oxygen atoms in total. The first kappa shape index (κ1) is 26.2. The number of primary amides is 1. The summed E-state index contributed by atoms with van der Waals surface area (Å²) in [4.78, 5) is 40.5. The minimum absolute atomic E-state index is 0.0401. The summed E-state index contributed by atoms with van der Waals surface area (Å²) < 4.78 is 14.1. The highest BCUT2D eigenvalue weighted by Gasteiger charge is 2.64. The molecule has 0 unspecified atom stereocenters. The highest BCUT2D eigenvalue weighted by atomic mass is 19.1. The van der Waals surface area contributed by atoms with E-state index in [0.29, 0.717) is 11.1 Å². The zero-order valence-corrected chi connectivity index (χ0v) is 21.0. The van der Waals surface area contributed by atoms with Gasteiger partial charge in [0.1, 0.15) is 28.7 Å². The quantitative estimate of drug-likeness (QED) is 0.287. The van der Waals surface area contributed by atoms with Gasteiger partial charge in [-0.25, -0.2) is 4.39 Å². The van der Waals surface area contributed by atoms with E-state index in [-0.39, 0.29) is 35.3 Å². The van der Waals surface area contributed by atoms with Crippen molar-refractivity contribution in [3.63, 3.8) is 0 Å². The maximum absolute atomic E-state index is 14.1. The van der Waals surface area contributed by atoms with Crippen molar-refractivity contribution in [3.05, 3.63) is 81.4 Å². The van der Waals surface area contributed by atoms with Gasteiger partial charge in [-0.15, -0.1) is 0 Å². The molecular weight excluding hydrogens is 507 g/mol. The molecule has 0 saturated heterocycles. The van der Waals surface area contributed by atoms with Crippen LogP contribution in [0.15, 0.2) is 53.3 Å². The number of nitrogens with two attached hydrogens (primary N) is 1. The van der Waals surface area contributed by atoms with Crippen molar-refractivity contribution < 1.29 is 39.2 Å². The number of nitrogens with zero attached hydrogens (tertiary/aromatic N) is 1. The zero-order valence-electron chi connectivity index (χ0n) is 21.0. The Bertz CT molecular complexity index is 1600. The summed E-state index contributed by atoms with van der Waals surface area (Å²) in [5.41, 5.74) is 2.36. The van der Waals surface area contributed by atoms with Crippen LogP contribution in [-0.2, 0) is 20.8 Å². The Morgan fingerprint density at radius 2 is 1.74 bits per heavy atom. The number of aromatic hydroxyl groups is 1. The SMILES string of the molecule is CN(C)[C@H]1C(=O)C(C(N)=O)=C(O)[C@@]2(O)C(=O)C3=C(O)c4c(O)ccc(C#Cc5ccccc5F)c4C[C@@H]3C[C@@H]12. The zero-order chi connectivity index (χ0) is 28.4. The molecule has 0 bridgehead atoms. The first-order chi connectivity index (χ1) is 18.4. The monoisotopic (exact) mass is 532 g/mol. The van der Waals surface area contributed by atoms with E-state index in [1.54, 1.807) is 6.07 Å². The molecule has 4 atom stereocenters. The van der Waals surface area contributed by atoms with Gasteiger partial charge >= 0.3 is 0 Å². The molecule has 6 N–H and O–H groups in total. The van der Waals surface area contributed by atoms with Crippen LogP contribution in [0.4, 0.5) is 4.39 Å². The van der Waals surface area contributed by atoms with Gasteiger partial charge in [0.25, 0.3) is 5.91 Å². The van der Waals surface area contributed by atoms with Gasteiger partial charge in [-0.05, 0) is 62.7 Å². The molecule has 1 amide bonds. The molecule has 3 aliphatic carbocycles. The molecule has 0 spiro atoms. The van der Waals surface area contributed by atoms with Crippen LogP contribution >= 0.6 is 0 Å². The summed E-state index contributed by atoms with van der Waals surface area (Å²) in [6.07, 6.45) is 0.0474. The van der Waals surface area contributed by atoms with Crippen LogP contribution in [0.5, 0.6) is 5.75 Å². The standard InChI is InChI=1S/C29H25FN2O7/c1-32(2)23-17-12-15-11-16-13(7-8-14-5-3-4-6-18(14)30)9-10-19(33)21(16)24(34)20(15)26(36)29(17,39)27(37)22(25(23)35)28(31)38/h3-6,9-10,15,17,23,33-34,37,39H,11-12H2,1-2H3,(H2,31,38)/t15-,17+,23-,29+/m1/s1. The minimum atomic E-state index is -2.71. The van der Waals surface area contributed by atoms with Crippen molar-refractivity contribution in [1.29, 1.82) is 0 Å². The number of hydrogen-bond acceptors (Lipinski definition) is 8. The number of aliphatic hydroxyl groups is 3. The smallest absolute Gasteiger partial charge is 0.255 e. The second-order valence-electron chi connectivity index (χ2n) is 10.2. The maximum atomic E-state index is 14.1. The van der Waals surface area contributed by atoms with Crippen molar-refractivity contribution in [2.24, 2.45) is 17.6 Å². The van der Waals surface area contributed by atoms with E-state index in [2.05, 4.69) is 11.8 Å². The number of benzene rings is 2. The number of phenolic OH excluding ortho intramolecular Hbond substituents is 1. The summed E-state index contributed by atoms with van der Waals surface area (Å²) in [6, 6.07) is 7.56. The van der Waals surface area contributed by atoms with Gasteiger partial charge in [-0.3, -0.25) is 19.3 Å². The van der Waals surface area contributed by atoms with Gasteiger partial charge in [0.05, 0.1) is 17.2 Å². The number of hydrogen-bond donors (Lipinski definition) is 5. The third-order valence-electron chi connectivity index (χ3n) is 7.81. The topological polar surface area (TPSA) is 161 Å². The van der Waals surface area contributed by atoms with Crippen molar-refractivity contribution in [2.45, 2.75) is 24.5 Å². The van der Waals surface area contributed by atoms with Crippen LogP contribution in [0.1, 0.15) is 28.7 Å². The van der Waals surface area contributed by atoms with Gasteiger partial charge in [-0.1, -0.05) is 24.0 Å². The van der Waals surface area contributed by atoms with Gasteiger partial charge < -0.3 is 26.2 Å². The second-order valence-corrected chi connectivity index (χ2v) is 10.2. The number of amides is 1.